The molecule has 36 heavy (non-hydrogen) atoms. The van der Waals surface area contributed by atoms with E-state index in [1.54, 1.807) is 18.3 Å². The van der Waals surface area contributed by atoms with Crippen LogP contribution in [-0.4, -0.2) is 95.9 Å². The van der Waals surface area contributed by atoms with Gasteiger partial charge in [0.25, 0.3) is 0 Å². The molecule has 9 nitrogen and oxygen atoms in total. The van der Waals surface area contributed by atoms with E-state index in [1.165, 1.54) is 0 Å². The number of hydrogen-bond acceptors (Lipinski definition) is 7. The van der Waals surface area contributed by atoms with Gasteiger partial charge < -0.3 is 15.5 Å². The molecule has 1 atom stereocenters. The molecular formula is C27H39N7O2. The van der Waals surface area contributed by atoms with Crippen molar-refractivity contribution in [3.63, 3.8) is 0 Å². The predicted octanol–water partition coefficient (Wildman–Crippen LogP) is 2.39. The summed E-state index contributed by atoms with van der Waals surface area (Å²) in [6.45, 7) is 9.40. The van der Waals surface area contributed by atoms with E-state index in [4.69, 9.17) is 10.7 Å². The van der Waals surface area contributed by atoms with Crippen LogP contribution in [0.1, 0.15) is 55.2 Å². The first-order valence-corrected chi connectivity index (χ1v) is 12.9. The Kier molecular flexibility index (Phi) is 8.21. The van der Waals surface area contributed by atoms with Crippen molar-refractivity contribution in [1.82, 2.24) is 24.7 Å². The molecule has 2 fully saturated rings. The number of carbonyl (C=O) groups is 2. The number of hydrogen-bond donors (Lipinski definition) is 1. The fourth-order valence-corrected chi connectivity index (χ4v) is 5.15. The molecule has 1 aromatic heterocycles. The molecule has 0 unspecified atom stereocenters. The third kappa shape index (κ3) is 5.84. The molecule has 0 radical (unpaired) electrons. The molecule has 2 aliphatic heterocycles. The largest absolute Gasteiger partial charge is 0.366 e. The van der Waals surface area contributed by atoms with Gasteiger partial charge >= 0.3 is 0 Å². The Labute approximate surface area is 214 Å². The fraction of sp³-hybridized carbons (Fsp3) is 0.556. The molecule has 2 aliphatic rings. The number of aromatic nitrogens is 2. The molecule has 4 rings (SSSR count). The standard InChI is InChI=1S/C27H39N7O2/c1-19(2)33-14-12-32(13-15-33)18-24(35)34-11-6-5-10-23(34)25-22(17-29-27(30-25)31(3)4)20-8-7-9-21(16-20)26(28)36/h7-9,16-17,19,23H,5-6,10-15,18H2,1-4H3,(H2,28,36)/t23-/m0/s1. The minimum atomic E-state index is -0.476. The molecule has 0 bridgehead atoms. The van der Waals surface area contributed by atoms with Crippen LogP contribution >= 0.6 is 0 Å². The zero-order valence-electron chi connectivity index (χ0n) is 22.0. The Hall–Kier alpha value is -3.04. The third-order valence-electron chi connectivity index (χ3n) is 7.30. The highest BCUT2D eigenvalue weighted by molar-refractivity contribution is 5.94. The lowest BCUT2D eigenvalue weighted by molar-refractivity contribution is -0.136. The van der Waals surface area contributed by atoms with Crippen molar-refractivity contribution in [3.8, 4) is 11.1 Å². The second kappa shape index (κ2) is 11.3. The predicted molar refractivity (Wildman–Crippen MR) is 142 cm³/mol. The molecule has 2 N–H and O–H groups in total. The smallest absolute Gasteiger partial charge is 0.248 e. The topological polar surface area (TPSA) is 98.9 Å². The molecule has 194 valence electrons. The normalized spacial score (nSPS) is 19.5. The van der Waals surface area contributed by atoms with Gasteiger partial charge in [0.1, 0.15) is 0 Å². The van der Waals surface area contributed by atoms with Crippen LogP contribution in [0.15, 0.2) is 30.5 Å². The lowest BCUT2D eigenvalue weighted by Gasteiger charge is -2.40. The van der Waals surface area contributed by atoms with Gasteiger partial charge in [0.05, 0.1) is 18.3 Å². The Morgan fingerprint density at radius 3 is 2.53 bits per heavy atom. The first-order valence-electron chi connectivity index (χ1n) is 12.9. The van der Waals surface area contributed by atoms with Gasteiger partial charge in [-0.2, -0.15) is 0 Å². The molecular weight excluding hydrogens is 454 g/mol. The molecule has 2 aromatic rings. The highest BCUT2D eigenvalue weighted by atomic mass is 16.2. The maximum absolute atomic E-state index is 13.6. The highest BCUT2D eigenvalue weighted by Gasteiger charge is 2.33. The summed E-state index contributed by atoms with van der Waals surface area (Å²) in [5.74, 6) is 0.276. The zero-order chi connectivity index (χ0) is 25.8. The summed E-state index contributed by atoms with van der Waals surface area (Å²) in [6, 6.07) is 7.63. The summed E-state index contributed by atoms with van der Waals surface area (Å²) in [6.07, 6.45) is 4.67. The molecule has 2 amide bonds. The van der Waals surface area contributed by atoms with Crippen LogP contribution in [-0.2, 0) is 4.79 Å². The van der Waals surface area contributed by atoms with E-state index in [0.717, 1.165) is 68.8 Å². The number of carbonyl (C=O) groups excluding carboxylic acids is 2. The van der Waals surface area contributed by atoms with Gasteiger partial charge in [-0.1, -0.05) is 12.1 Å². The van der Waals surface area contributed by atoms with E-state index >= 15 is 0 Å². The van der Waals surface area contributed by atoms with Gasteiger partial charge in [-0.15, -0.1) is 0 Å². The Balaban J connectivity index is 1.63. The van der Waals surface area contributed by atoms with Crippen LogP contribution in [0.25, 0.3) is 11.1 Å². The first kappa shape index (κ1) is 26.0. The van der Waals surface area contributed by atoms with Crippen molar-refractivity contribution >= 4 is 17.8 Å². The third-order valence-corrected chi connectivity index (χ3v) is 7.30. The van der Waals surface area contributed by atoms with E-state index in [-0.39, 0.29) is 11.9 Å². The van der Waals surface area contributed by atoms with Gasteiger partial charge in [0.2, 0.25) is 17.8 Å². The lowest BCUT2D eigenvalue weighted by atomic mass is 9.93. The van der Waals surface area contributed by atoms with Crippen molar-refractivity contribution in [2.45, 2.75) is 45.2 Å². The monoisotopic (exact) mass is 493 g/mol. The summed E-state index contributed by atoms with van der Waals surface area (Å²) in [4.78, 5) is 43.6. The molecule has 9 heteroatoms. The number of nitrogens with zero attached hydrogens (tertiary/aromatic N) is 6. The van der Waals surface area contributed by atoms with Gasteiger partial charge in [0.15, 0.2) is 0 Å². The van der Waals surface area contributed by atoms with E-state index in [1.807, 2.05) is 36.0 Å². The Morgan fingerprint density at radius 1 is 1.11 bits per heavy atom. The summed E-state index contributed by atoms with van der Waals surface area (Å²) in [5.41, 5.74) is 8.47. The number of anilines is 1. The quantitative estimate of drug-likeness (QED) is 0.632. The number of benzene rings is 1. The lowest BCUT2D eigenvalue weighted by Crippen LogP contribution is -2.52. The van der Waals surface area contributed by atoms with Crippen molar-refractivity contribution in [3.05, 3.63) is 41.7 Å². The minimum Gasteiger partial charge on any atom is -0.366 e. The molecule has 0 aliphatic carbocycles. The maximum Gasteiger partial charge on any atom is 0.248 e. The van der Waals surface area contributed by atoms with E-state index in [9.17, 15) is 9.59 Å². The van der Waals surface area contributed by atoms with E-state index in [2.05, 4.69) is 28.6 Å². The van der Waals surface area contributed by atoms with E-state index in [0.29, 0.717) is 24.1 Å². The average Bonchev–Trinajstić information content (AvgIpc) is 2.88. The summed E-state index contributed by atoms with van der Waals surface area (Å²) >= 11 is 0. The number of nitrogens with two attached hydrogens (primary N) is 1. The van der Waals surface area contributed by atoms with E-state index < -0.39 is 5.91 Å². The van der Waals surface area contributed by atoms with Gasteiger partial charge in [0, 0.05) is 70.2 Å². The number of primary amides is 1. The van der Waals surface area contributed by atoms with Crippen LogP contribution in [0.2, 0.25) is 0 Å². The molecule has 0 spiro atoms. The van der Waals surface area contributed by atoms with Gasteiger partial charge in [-0.25, -0.2) is 9.97 Å². The van der Waals surface area contributed by atoms with Crippen LogP contribution in [0.3, 0.4) is 0 Å². The second-order valence-electron chi connectivity index (χ2n) is 10.3. The van der Waals surface area contributed by atoms with Crippen LogP contribution in [0.5, 0.6) is 0 Å². The molecule has 3 heterocycles. The molecule has 2 saturated heterocycles. The van der Waals surface area contributed by atoms with Crippen LogP contribution in [0, 0.1) is 0 Å². The van der Waals surface area contributed by atoms with Crippen molar-refractivity contribution in [1.29, 1.82) is 0 Å². The Morgan fingerprint density at radius 2 is 1.86 bits per heavy atom. The van der Waals surface area contributed by atoms with Gasteiger partial charge in [-0.3, -0.25) is 19.4 Å². The summed E-state index contributed by atoms with van der Waals surface area (Å²) < 4.78 is 0. The zero-order valence-corrected chi connectivity index (χ0v) is 22.0. The number of likely N-dealkylation sites (tertiary alicyclic amines) is 1. The Bertz CT molecular complexity index is 1080. The summed E-state index contributed by atoms with van der Waals surface area (Å²) in [7, 11) is 3.82. The highest BCUT2D eigenvalue weighted by Crippen LogP contribution is 2.36. The molecule has 0 saturated carbocycles. The number of amides is 2. The van der Waals surface area contributed by atoms with Crippen molar-refractivity contribution in [2.75, 3.05) is 58.3 Å². The fourth-order valence-electron chi connectivity index (χ4n) is 5.15. The summed E-state index contributed by atoms with van der Waals surface area (Å²) in [5, 5.41) is 0. The molecule has 1 aromatic carbocycles. The van der Waals surface area contributed by atoms with Gasteiger partial charge in [-0.05, 0) is 50.8 Å². The van der Waals surface area contributed by atoms with Crippen LogP contribution in [0.4, 0.5) is 5.95 Å². The second-order valence-corrected chi connectivity index (χ2v) is 10.3. The number of rotatable bonds is 7. The SMILES string of the molecule is CC(C)N1CCN(CC(=O)N2CCCC[C@H]2c2nc(N(C)C)ncc2-c2cccc(C(N)=O)c2)CC1. The average molecular weight is 494 g/mol. The van der Waals surface area contributed by atoms with Crippen molar-refractivity contribution < 1.29 is 9.59 Å². The number of piperazine rings is 1. The maximum atomic E-state index is 13.6. The first-order chi connectivity index (χ1) is 17.2. The number of piperidine rings is 1. The minimum absolute atomic E-state index is 0.142. The van der Waals surface area contributed by atoms with Crippen molar-refractivity contribution in [2.24, 2.45) is 5.73 Å². The van der Waals surface area contributed by atoms with Crippen LogP contribution < -0.4 is 10.6 Å².